The monoisotopic (exact) mass is 204 g/mol. The Kier molecular flexibility index (Phi) is 2.00. The number of aryl methyl sites for hydroxylation is 1. The van der Waals surface area contributed by atoms with Gasteiger partial charge in [0.2, 0.25) is 0 Å². The van der Waals surface area contributed by atoms with E-state index in [1.54, 1.807) is 13.0 Å². The summed E-state index contributed by atoms with van der Waals surface area (Å²) in [5.41, 5.74) is 0.618. The lowest BCUT2D eigenvalue weighted by molar-refractivity contribution is -0.383. The van der Waals surface area contributed by atoms with Crippen LogP contribution >= 0.6 is 0 Å². The maximum absolute atomic E-state index is 11.5. The van der Waals surface area contributed by atoms with Crippen molar-refractivity contribution in [1.82, 2.24) is 4.98 Å². The Hall–Kier alpha value is -2.17. The van der Waals surface area contributed by atoms with Crippen LogP contribution in [0.1, 0.15) is 5.69 Å². The molecule has 1 aromatic carbocycles. The van der Waals surface area contributed by atoms with Gasteiger partial charge in [0.25, 0.3) is 5.69 Å². The Morgan fingerprint density at radius 3 is 2.80 bits per heavy atom. The molecule has 0 saturated heterocycles. The molecule has 2 aromatic rings. The van der Waals surface area contributed by atoms with E-state index in [4.69, 9.17) is 0 Å². The number of benzene rings is 1. The summed E-state index contributed by atoms with van der Waals surface area (Å²) in [6.45, 7) is 1.69. The fourth-order valence-electron chi connectivity index (χ4n) is 1.54. The molecule has 0 aliphatic carbocycles. The lowest BCUT2D eigenvalue weighted by Crippen LogP contribution is -2.04. The lowest BCUT2D eigenvalue weighted by Gasteiger charge is -2.00. The summed E-state index contributed by atoms with van der Waals surface area (Å²) >= 11 is 0. The maximum atomic E-state index is 11.5. The van der Waals surface area contributed by atoms with Crippen molar-refractivity contribution in [3.63, 3.8) is 0 Å². The molecule has 0 aliphatic rings. The molecule has 0 saturated carbocycles. The predicted molar refractivity (Wildman–Crippen MR) is 56.0 cm³/mol. The zero-order chi connectivity index (χ0) is 11.0. The number of hydrogen-bond acceptors (Lipinski definition) is 3. The zero-order valence-electron chi connectivity index (χ0n) is 7.98. The second kappa shape index (κ2) is 3.20. The van der Waals surface area contributed by atoms with Crippen molar-refractivity contribution >= 4 is 16.6 Å². The molecule has 1 heterocycles. The van der Waals surface area contributed by atoms with E-state index in [9.17, 15) is 14.9 Å². The molecule has 0 bridgehead atoms. The summed E-state index contributed by atoms with van der Waals surface area (Å²) < 4.78 is 0. The van der Waals surface area contributed by atoms with Gasteiger partial charge in [-0.15, -0.1) is 0 Å². The van der Waals surface area contributed by atoms with E-state index >= 15 is 0 Å². The van der Waals surface area contributed by atoms with Crippen molar-refractivity contribution in [2.75, 3.05) is 0 Å². The molecule has 0 radical (unpaired) electrons. The number of fused-ring (bicyclic) bond motifs is 1. The van der Waals surface area contributed by atoms with E-state index in [0.29, 0.717) is 11.1 Å². The number of pyridine rings is 1. The van der Waals surface area contributed by atoms with Crippen LogP contribution in [0.4, 0.5) is 5.69 Å². The van der Waals surface area contributed by atoms with Crippen LogP contribution in [0.15, 0.2) is 29.1 Å². The molecule has 0 amide bonds. The third-order valence-electron chi connectivity index (χ3n) is 2.17. The van der Waals surface area contributed by atoms with Gasteiger partial charge in [0, 0.05) is 17.8 Å². The first-order chi connectivity index (χ1) is 7.09. The van der Waals surface area contributed by atoms with Gasteiger partial charge in [-0.2, -0.15) is 0 Å². The highest BCUT2D eigenvalue weighted by Gasteiger charge is 2.13. The van der Waals surface area contributed by atoms with Gasteiger partial charge in [0.1, 0.15) is 5.52 Å². The fraction of sp³-hybridized carbons (Fsp3) is 0.100. The summed E-state index contributed by atoms with van der Waals surface area (Å²) in [5.74, 6) is 0. The molecule has 2 rings (SSSR count). The summed E-state index contributed by atoms with van der Waals surface area (Å²) in [7, 11) is 0. The molecule has 76 valence electrons. The van der Waals surface area contributed by atoms with Crippen LogP contribution < -0.4 is 5.43 Å². The van der Waals surface area contributed by atoms with Gasteiger partial charge < -0.3 is 4.98 Å². The minimum absolute atomic E-state index is 0.0756. The van der Waals surface area contributed by atoms with Crippen molar-refractivity contribution in [3.8, 4) is 0 Å². The van der Waals surface area contributed by atoms with Crippen molar-refractivity contribution in [2.24, 2.45) is 0 Å². The van der Waals surface area contributed by atoms with Gasteiger partial charge in [0.05, 0.1) is 10.3 Å². The average Bonchev–Trinajstić information content (AvgIpc) is 2.16. The minimum atomic E-state index is -0.502. The van der Waals surface area contributed by atoms with Crippen LogP contribution in [-0.4, -0.2) is 9.91 Å². The van der Waals surface area contributed by atoms with Crippen molar-refractivity contribution < 1.29 is 4.92 Å². The van der Waals surface area contributed by atoms with E-state index in [2.05, 4.69) is 4.98 Å². The molecule has 0 spiro atoms. The maximum Gasteiger partial charge on any atom is 0.293 e. The highest BCUT2D eigenvalue weighted by Crippen LogP contribution is 2.20. The second-order valence-electron chi connectivity index (χ2n) is 3.27. The normalized spacial score (nSPS) is 10.5. The zero-order valence-corrected chi connectivity index (χ0v) is 7.98. The van der Waals surface area contributed by atoms with E-state index in [1.165, 1.54) is 18.2 Å². The largest absolute Gasteiger partial charge is 0.353 e. The fourth-order valence-corrected chi connectivity index (χ4v) is 1.54. The molecule has 0 aliphatic heterocycles. The van der Waals surface area contributed by atoms with E-state index in [0.717, 1.165) is 0 Å². The topological polar surface area (TPSA) is 76.0 Å². The Balaban J connectivity index is 2.97. The Morgan fingerprint density at radius 1 is 1.40 bits per heavy atom. The number of aromatic amines is 1. The number of non-ortho nitro benzene ring substituents is 1. The third-order valence-corrected chi connectivity index (χ3v) is 2.17. The van der Waals surface area contributed by atoms with Crippen molar-refractivity contribution in [1.29, 1.82) is 0 Å². The SMILES string of the molecule is Cc1cc(=O)c2cccc([N+](=O)[O-])c2[nH]1. The highest BCUT2D eigenvalue weighted by atomic mass is 16.6. The lowest BCUT2D eigenvalue weighted by atomic mass is 10.1. The van der Waals surface area contributed by atoms with Crippen LogP contribution in [0, 0.1) is 17.0 Å². The minimum Gasteiger partial charge on any atom is -0.353 e. The van der Waals surface area contributed by atoms with Crippen LogP contribution in [0.5, 0.6) is 0 Å². The van der Waals surface area contributed by atoms with Gasteiger partial charge in [-0.05, 0) is 13.0 Å². The first-order valence-electron chi connectivity index (χ1n) is 4.36. The summed E-state index contributed by atoms with van der Waals surface area (Å²) in [6, 6.07) is 5.87. The summed E-state index contributed by atoms with van der Waals surface area (Å²) in [4.78, 5) is 24.6. The molecule has 5 nitrogen and oxygen atoms in total. The van der Waals surface area contributed by atoms with Gasteiger partial charge in [-0.3, -0.25) is 14.9 Å². The van der Waals surface area contributed by atoms with E-state index in [1.807, 2.05) is 0 Å². The van der Waals surface area contributed by atoms with Crippen LogP contribution in [0.25, 0.3) is 10.9 Å². The van der Waals surface area contributed by atoms with Gasteiger partial charge in [-0.1, -0.05) is 6.07 Å². The predicted octanol–water partition coefficient (Wildman–Crippen LogP) is 1.74. The molecule has 1 aromatic heterocycles. The number of para-hydroxylation sites is 1. The van der Waals surface area contributed by atoms with Gasteiger partial charge >= 0.3 is 0 Å². The number of hydrogen-bond donors (Lipinski definition) is 1. The average molecular weight is 204 g/mol. The molecule has 1 N–H and O–H groups in total. The van der Waals surface area contributed by atoms with Crippen molar-refractivity contribution in [3.05, 3.63) is 50.3 Å². The highest BCUT2D eigenvalue weighted by molar-refractivity contribution is 5.86. The molecule has 5 heteroatoms. The Labute approximate surface area is 84.5 Å². The molecular weight excluding hydrogens is 196 g/mol. The van der Waals surface area contributed by atoms with Gasteiger partial charge in [-0.25, -0.2) is 0 Å². The molecule has 0 unspecified atom stereocenters. The number of rotatable bonds is 1. The number of nitro benzene ring substituents is 1. The first kappa shape index (κ1) is 9.39. The second-order valence-corrected chi connectivity index (χ2v) is 3.27. The first-order valence-corrected chi connectivity index (χ1v) is 4.36. The Morgan fingerprint density at radius 2 is 2.13 bits per heavy atom. The number of nitrogens with zero attached hydrogens (tertiary/aromatic N) is 1. The smallest absolute Gasteiger partial charge is 0.293 e. The molecular formula is C10H8N2O3. The quantitative estimate of drug-likeness (QED) is 0.567. The number of nitro groups is 1. The van der Waals surface area contributed by atoms with Crippen molar-refractivity contribution in [2.45, 2.75) is 6.92 Å². The summed E-state index contributed by atoms with van der Waals surface area (Å²) in [6.07, 6.45) is 0. The van der Waals surface area contributed by atoms with Crippen LogP contribution in [0.3, 0.4) is 0 Å². The Bertz CT molecular complexity index is 601. The van der Waals surface area contributed by atoms with Crippen LogP contribution in [0.2, 0.25) is 0 Å². The molecule has 15 heavy (non-hydrogen) atoms. The van der Waals surface area contributed by atoms with E-state index < -0.39 is 4.92 Å². The number of nitrogens with one attached hydrogen (secondary N) is 1. The standard InChI is InChI=1S/C10H8N2O3/c1-6-5-9(13)7-3-2-4-8(12(14)15)10(7)11-6/h2-5H,1H3,(H,11,13). The summed E-state index contributed by atoms with van der Waals surface area (Å²) in [5, 5.41) is 11.1. The number of H-pyrrole nitrogens is 1. The van der Waals surface area contributed by atoms with Gasteiger partial charge in [0.15, 0.2) is 5.43 Å². The molecule has 0 fully saturated rings. The van der Waals surface area contributed by atoms with E-state index in [-0.39, 0.29) is 16.6 Å². The number of aromatic nitrogens is 1. The molecule has 0 atom stereocenters. The third kappa shape index (κ3) is 1.48. The van der Waals surface area contributed by atoms with Crippen LogP contribution in [-0.2, 0) is 0 Å².